The van der Waals surface area contributed by atoms with Gasteiger partial charge in [-0.15, -0.1) is 10.2 Å². The van der Waals surface area contributed by atoms with Gasteiger partial charge in [-0.2, -0.15) is 0 Å². The molecule has 5 nitrogen and oxygen atoms in total. The molecule has 0 fully saturated rings. The van der Waals surface area contributed by atoms with Crippen molar-refractivity contribution in [2.45, 2.75) is 19.6 Å². The average molecular weight is 308 g/mol. The molecule has 0 bridgehead atoms. The van der Waals surface area contributed by atoms with Gasteiger partial charge in [0.15, 0.2) is 0 Å². The van der Waals surface area contributed by atoms with Crippen molar-refractivity contribution in [2.75, 3.05) is 6.54 Å². The molecule has 0 amide bonds. The van der Waals surface area contributed by atoms with Crippen molar-refractivity contribution in [3.63, 3.8) is 0 Å². The fourth-order valence-electron chi connectivity index (χ4n) is 2.32. The maximum Gasteiger partial charge on any atom is 0.147 e. The Hall–Kier alpha value is -1.50. The minimum absolute atomic E-state index is 0.365. The highest BCUT2D eigenvalue weighted by atomic mass is 35.5. The van der Waals surface area contributed by atoms with E-state index in [1.165, 1.54) is 0 Å². The normalized spacial score (nSPS) is 15.1. The van der Waals surface area contributed by atoms with Gasteiger partial charge in [0.2, 0.25) is 0 Å². The van der Waals surface area contributed by atoms with E-state index in [0.29, 0.717) is 10.0 Å². The second-order valence-corrected chi connectivity index (χ2v) is 5.67. The molecule has 2 aromatic rings. The summed E-state index contributed by atoms with van der Waals surface area (Å²) in [6.45, 7) is 3.43. The zero-order chi connectivity index (χ0) is 14.1. The summed E-state index contributed by atoms with van der Waals surface area (Å²) in [6, 6.07) is 5.72. The topological polar surface area (TPSA) is 60.0 Å². The zero-order valence-corrected chi connectivity index (χ0v) is 12.4. The lowest BCUT2D eigenvalue weighted by atomic mass is 10.1. The van der Waals surface area contributed by atoms with Crippen LogP contribution in [0.15, 0.2) is 24.5 Å². The smallest absolute Gasteiger partial charge is 0.147 e. The van der Waals surface area contributed by atoms with E-state index in [0.717, 1.165) is 43.1 Å². The second-order valence-electron chi connectivity index (χ2n) is 4.82. The Bertz CT molecular complexity index is 654. The molecule has 1 aromatic carbocycles. The number of thiocarbonyl (C=S) groups is 1. The molecule has 0 saturated carbocycles. The van der Waals surface area contributed by atoms with Crippen molar-refractivity contribution in [3.05, 3.63) is 46.5 Å². The van der Waals surface area contributed by atoms with E-state index >= 15 is 0 Å². The van der Waals surface area contributed by atoms with Gasteiger partial charge in [-0.05, 0) is 11.6 Å². The van der Waals surface area contributed by atoms with Crippen molar-refractivity contribution >= 4 is 28.8 Å². The van der Waals surface area contributed by atoms with Gasteiger partial charge < -0.3 is 10.3 Å². The maximum absolute atomic E-state index is 6.30. The van der Waals surface area contributed by atoms with Crippen LogP contribution in [0.3, 0.4) is 0 Å². The van der Waals surface area contributed by atoms with Crippen LogP contribution >= 0.6 is 23.8 Å². The molecule has 104 valence electrons. The molecule has 1 aromatic heterocycles. The highest BCUT2D eigenvalue weighted by Gasteiger charge is 2.18. The van der Waals surface area contributed by atoms with E-state index < -0.39 is 0 Å². The molecule has 0 spiro atoms. The van der Waals surface area contributed by atoms with Crippen molar-refractivity contribution in [2.24, 2.45) is 5.73 Å². The third-order valence-corrected chi connectivity index (χ3v) is 4.04. The fourth-order valence-corrected chi connectivity index (χ4v) is 2.69. The molecule has 0 aliphatic carbocycles. The number of hydrogen-bond acceptors (Lipinski definition) is 4. The van der Waals surface area contributed by atoms with Crippen LogP contribution in [0.5, 0.6) is 0 Å². The van der Waals surface area contributed by atoms with Crippen molar-refractivity contribution < 1.29 is 0 Å². The number of benzene rings is 1. The molecule has 20 heavy (non-hydrogen) atoms. The highest BCUT2D eigenvalue weighted by Crippen LogP contribution is 2.21. The van der Waals surface area contributed by atoms with Gasteiger partial charge in [0.1, 0.15) is 17.1 Å². The summed E-state index contributed by atoms with van der Waals surface area (Å²) in [5.74, 6) is 0.993. The van der Waals surface area contributed by atoms with Gasteiger partial charge in [-0.1, -0.05) is 36.0 Å². The number of nitrogens with zero attached hydrogens (tertiary/aromatic N) is 4. The monoisotopic (exact) mass is 307 g/mol. The summed E-state index contributed by atoms with van der Waals surface area (Å²) in [6.07, 6.45) is 1.77. The molecule has 0 atom stereocenters. The third kappa shape index (κ3) is 2.67. The lowest BCUT2D eigenvalue weighted by molar-refractivity contribution is 0.209. The standard InChI is InChI=1S/C13H14ClN5S/c14-11-5-9(13(15)20)1-2-10(11)6-18-3-4-19-8-16-17-12(19)7-18/h1-2,5,8H,3-4,6-7H2,(H2,15,20). The Morgan fingerprint density at radius 3 is 3.00 bits per heavy atom. The predicted octanol–water partition coefficient (Wildman–Crippen LogP) is 1.58. The van der Waals surface area contributed by atoms with Crippen LogP contribution in [-0.4, -0.2) is 31.2 Å². The largest absolute Gasteiger partial charge is 0.389 e. The molecule has 2 N–H and O–H groups in total. The molecule has 3 rings (SSSR count). The molecule has 7 heteroatoms. The summed E-state index contributed by atoms with van der Waals surface area (Å²) in [5.41, 5.74) is 7.47. The van der Waals surface area contributed by atoms with Gasteiger partial charge in [-0.25, -0.2) is 0 Å². The second kappa shape index (κ2) is 5.47. The molecular weight excluding hydrogens is 294 g/mol. The van der Waals surface area contributed by atoms with Crippen LogP contribution < -0.4 is 5.73 Å². The quantitative estimate of drug-likeness (QED) is 0.873. The Labute approximate surface area is 127 Å². The van der Waals surface area contributed by atoms with Gasteiger partial charge >= 0.3 is 0 Å². The maximum atomic E-state index is 6.30. The molecule has 1 aliphatic rings. The van der Waals surface area contributed by atoms with Crippen LogP contribution in [0.2, 0.25) is 5.02 Å². The van der Waals surface area contributed by atoms with E-state index in [1.54, 1.807) is 6.33 Å². The van der Waals surface area contributed by atoms with E-state index in [2.05, 4.69) is 19.7 Å². The zero-order valence-electron chi connectivity index (χ0n) is 10.8. The van der Waals surface area contributed by atoms with E-state index in [1.807, 2.05) is 18.2 Å². The first kappa shape index (κ1) is 13.5. The number of hydrogen-bond donors (Lipinski definition) is 1. The molecule has 0 unspecified atom stereocenters. The molecule has 0 saturated heterocycles. The van der Waals surface area contributed by atoms with Gasteiger partial charge in [-0.3, -0.25) is 4.90 Å². The summed E-state index contributed by atoms with van der Waals surface area (Å²) in [7, 11) is 0. The number of aromatic nitrogens is 3. The van der Waals surface area contributed by atoms with E-state index in [4.69, 9.17) is 29.6 Å². The Morgan fingerprint density at radius 2 is 2.25 bits per heavy atom. The van der Waals surface area contributed by atoms with Crippen LogP contribution in [0.4, 0.5) is 0 Å². The summed E-state index contributed by atoms with van der Waals surface area (Å²) < 4.78 is 2.08. The number of halogens is 1. The first-order valence-corrected chi connectivity index (χ1v) is 7.09. The molecular formula is C13H14ClN5S. The lowest BCUT2D eigenvalue weighted by Gasteiger charge is -2.27. The minimum Gasteiger partial charge on any atom is -0.389 e. The molecule has 0 radical (unpaired) electrons. The Kier molecular flexibility index (Phi) is 3.69. The van der Waals surface area contributed by atoms with Crippen molar-refractivity contribution in [1.29, 1.82) is 0 Å². The Morgan fingerprint density at radius 1 is 1.40 bits per heavy atom. The van der Waals surface area contributed by atoms with Crippen LogP contribution in [0.25, 0.3) is 0 Å². The van der Waals surface area contributed by atoms with E-state index in [9.17, 15) is 0 Å². The number of rotatable bonds is 3. The lowest BCUT2D eigenvalue weighted by Crippen LogP contribution is -2.33. The minimum atomic E-state index is 0.365. The van der Waals surface area contributed by atoms with Crippen LogP contribution in [-0.2, 0) is 19.6 Å². The van der Waals surface area contributed by atoms with Gasteiger partial charge in [0.25, 0.3) is 0 Å². The molecule has 1 aliphatic heterocycles. The number of nitrogens with two attached hydrogens (primary N) is 1. The highest BCUT2D eigenvalue weighted by molar-refractivity contribution is 7.80. The summed E-state index contributed by atoms with van der Waals surface area (Å²) in [4.78, 5) is 2.66. The Balaban J connectivity index is 1.74. The fraction of sp³-hybridized carbons (Fsp3) is 0.308. The predicted molar refractivity (Wildman–Crippen MR) is 81.5 cm³/mol. The number of fused-ring (bicyclic) bond motifs is 1. The SMILES string of the molecule is NC(=S)c1ccc(CN2CCn3cnnc3C2)c(Cl)c1. The van der Waals surface area contributed by atoms with Crippen LogP contribution in [0, 0.1) is 0 Å². The molecule has 2 heterocycles. The van der Waals surface area contributed by atoms with Gasteiger partial charge in [0, 0.05) is 30.2 Å². The van der Waals surface area contributed by atoms with Crippen molar-refractivity contribution in [3.8, 4) is 0 Å². The first-order chi connectivity index (χ1) is 9.63. The average Bonchev–Trinajstić information content (AvgIpc) is 2.88. The summed E-state index contributed by atoms with van der Waals surface area (Å²) >= 11 is 11.2. The van der Waals surface area contributed by atoms with Crippen LogP contribution in [0.1, 0.15) is 17.0 Å². The van der Waals surface area contributed by atoms with E-state index in [-0.39, 0.29) is 0 Å². The first-order valence-electron chi connectivity index (χ1n) is 6.31. The third-order valence-electron chi connectivity index (χ3n) is 3.45. The van der Waals surface area contributed by atoms with Crippen molar-refractivity contribution in [1.82, 2.24) is 19.7 Å². The summed E-state index contributed by atoms with van der Waals surface area (Å²) in [5, 5.41) is 8.74. The van der Waals surface area contributed by atoms with Gasteiger partial charge in [0.05, 0.1) is 6.54 Å².